The van der Waals surface area contributed by atoms with Crippen LogP contribution in [0.4, 0.5) is 17.1 Å². The topological polar surface area (TPSA) is 163 Å². The quantitative estimate of drug-likeness (QED) is 0.0481. The fourth-order valence-corrected chi connectivity index (χ4v) is 10.4. The summed E-state index contributed by atoms with van der Waals surface area (Å²) < 4.78 is 36.6. The number of hydrogen-bond donors (Lipinski definition) is 1. The Bertz CT molecular complexity index is 2770. The molecule has 2 atom stereocenters. The summed E-state index contributed by atoms with van der Waals surface area (Å²) in [6.07, 6.45) is 8.50. The van der Waals surface area contributed by atoms with Gasteiger partial charge < -0.3 is 44.0 Å². The van der Waals surface area contributed by atoms with Crippen LogP contribution < -0.4 is 34.5 Å². The molecule has 2 N–H and O–H groups in total. The molecule has 4 aromatic carbocycles. The number of fused-ring (bicyclic) bond motifs is 4. The van der Waals surface area contributed by atoms with Gasteiger partial charge in [0.1, 0.15) is 25.5 Å². The summed E-state index contributed by atoms with van der Waals surface area (Å²) in [7, 11) is 0.127. The van der Waals surface area contributed by atoms with Crippen molar-refractivity contribution in [2.75, 3.05) is 69.6 Å². The van der Waals surface area contributed by atoms with Crippen LogP contribution in [0.3, 0.4) is 0 Å². The first kappa shape index (κ1) is 51.7. The van der Waals surface area contributed by atoms with Crippen LogP contribution in [0.2, 0.25) is 51.4 Å². The Labute approximate surface area is 424 Å². The van der Waals surface area contributed by atoms with E-state index in [2.05, 4.69) is 39.3 Å². The Balaban J connectivity index is 1.01. The molecule has 17 heteroatoms. The number of hydrogen-bond acceptors (Lipinski definition) is 11. The van der Waals surface area contributed by atoms with Gasteiger partial charge in [0.2, 0.25) is 0 Å². The highest BCUT2D eigenvalue weighted by Gasteiger charge is 2.45. The van der Waals surface area contributed by atoms with Gasteiger partial charge in [0, 0.05) is 78.8 Å². The van der Waals surface area contributed by atoms with Gasteiger partial charge in [-0.1, -0.05) is 93.9 Å². The molecule has 0 aromatic heterocycles. The van der Waals surface area contributed by atoms with Crippen molar-refractivity contribution in [3.05, 3.63) is 125 Å². The van der Waals surface area contributed by atoms with Crippen LogP contribution in [0.15, 0.2) is 103 Å². The molecular weight excluding hydrogens is 947 g/mol. The van der Waals surface area contributed by atoms with Gasteiger partial charge in [0.15, 0.2) is 23.0 Å². The van der Waals surface area contributed by atoms with E-state index in [0.717, 1.165) is 34.4 Å². The van der Waals surface area contributed by atoms with Gasteiger partial charge in [0.05, 0.1) is 49.9 Å². The van der Waals surface area contributed by atoms with Crippen molar-refractivity contribution in [2.24, 2.45) is 0 Å². The van der Waals surface area contributed by atoms with E-state index in [9.17, 15) is 19.2 Å². The predicted octanol–water partition coefficient (Wildman–Crippen LogP) is 9.52. The average molecular weight is 1010 g/mol. The van der Waals surface area contributed by atoms with Crippen molar-refractivity contribution in [3.8, 4) is 23.0 Å². The summed E-state index contributed by atoms with van der Waals surface area (Å²) in [5.74, 6) is 0.119. The molecule has 0 unspecified atom stereocenters. The number of nitrogen functional groups attached to an aromatic ring is 1. The second-order valence-corrected chi connectivity index (χ2v) is 32.2. The van der Waals surface area contributed by atoms with Gasteiger partial charge in [-0.25, -0.2) is 0 Å². The van der Waals surface area contributed by atoms with Crippen LogP contribution in [0.5, 0.6) is 23.0 Å². The van der Waals surface area contributed by atoms with Crippen molar-refractivity contribution in [2.45, 2.75) is 82.7 Å². The summed E-state index contributed by atoms with van der Waals surface area (Å²) in [6.45, 7) is 14.8. The number of nitrogens with two attached hydrogens (primary N) is 1. The van der Waals surface area contributed by atoms with Gasteiger partial charge in [-0.2, -0.15) is 0 Å². The number of carbonyl (C=O) groups is 4. The summed E-state index contributed by atoms with van der Waals surface area (Å²) in [6, 6.07) is 24.1. The fraction of sp³-hybridized carbons (Fsp3) is 0.382. The van der Waals surface area contributed by atoms with Crippen LogP contribution in [-0.2, 0) is 19.1 Å². The molecule has 0 spiro atoms. The van der Waals surface area contributed by atoms with Crippen molar-refractivity contribution in [3.63, 3.8) is 0 Å². The molecule has 0 saturated heterocycles. The monoisotopic (exact) mass is 1010 g/mol. The molecule has 4 aliphatic heterocycles. The van der Waals surface area contributed by atoms with Crippen LogP contribution in [-0.4, -0.2) is 116 Å². The zero-order valence-corrected chi connectivity index (χ0v) is 44.7. The number of methoxy groups -OCH3 is 2. The number of allylic oxidation sites excluding steroid dienone is 1. The lowest BCUT2D eigenvalue weighted by molar-refractivity contribution is -0.123. The Morgan fingerprint density at radius 3 is 1.60 bits per heavy atom. The first-order valence-corrected chi connectivity index (χ1v) is 32.0. The minimum atomic E-state index is -1.44. The van der Waals surface area contributed by atoms with Gasteiger partial charge in [-0.3, -0.25) is 29.0 Å². The van der Waals surface area contributed by atoms with E-state index in [1.807, 2.05) is 54.6 Å². The van der Waals surface area contributed by atoms with E-state index >= 15 is 0 Å². The molecule has 4 aliphatic rings. The molecule has 15 nitrogen and oxygen atoms in total. The standard InChI is InChI=1S/C55H67N5O10Si2/c1-65-48-29-42-44(59(35-67-23-25-71(3,4)5)54(63)46-27-38(33-57(46)52(42)61)16-15-37-13-10-9-11-14-37)31-50(48)69-21-12-22-70-51-32-45-43(30-49(51)66-2)53(62)58-34-40(39-17-19-41(56)20-18-39)28-47(58)55(64)60(45)36-68-24-26-72(6,7)8/h9-11,13-20,29-34,46-47H,12,21-28,35-36,56H2,1-8H3/b16-15+/t46-,47-/m0/s1. The van der Waals surface area contributed by atoms with E-state index in [-0.39, 0.29) is 61.4 Å². The van der Waals surface area contributed by atoms with E-state index in [1.165, 1.54) is 24.0 Å². The molecule has 0 saturated carbocycles. The molecular formula is C55H67N5O10Si2. The maximum Gasteiger partial charge on any atom is 0.260 e. The van der Waals surface area contributed by atoms with Crippen molar-refractivity contribution < 1.29 is 47.6 Å². The second kappa shape index (κ2) is 22.0. The summed E-state index contributed by atoms with van der Waals surface area (Å²) in [4.78, 5) is 64.1. The number of amides is 4. The third kappa shape index (κ3) is 11.8. The molecule has 0 fully saturated rings. The zero-order valence-electron chi connectivity index (χ0n) is 42.7. The molecule has 0 radical (unpaired) electrons. The lowest BCUT2D eigenvalue weighted by Crippen LogP contribution is -2.45. The van der Waals surface area contributed by atoms with E-state index in [0.29, 0.717) is 72.5 Å². The summed E-state index contributed by atoms with van der Waals surface area (Å²) in [5, 5.41) is 0. The molecule has 4 amide bonds. The Kier molecular flexibility index (Phi) is 15.8. The number of nitrogens with zero attached hydrogens (tertiary/aromatic N) is 4. The summed E-state index contributed by atoms with van der Waals surface area (Å²) >= 11 is 0. The fourth-order valence-electron chi connectivity index (χ4n) is 8.91. The molecule has 4 heterocycles. The van der Waals surface area contributed by atoms with Crippen LogP contribution >= 0.6 is 0 Å². The molecule has 0 bridgehead atoms. The molecule has 0 aliphatic carbocycles. The minimum absolute atomic E-state index is 0.0371. The van der Waals surface area contributed by atoms with Crippen LogP contribution in [0.25, 0.3) is 11.6 Å². The molecule has 4 aromatic rings. The smallest absolute Gasteiger partial charge is 0.260 e. The summed E-state index contributed by atoms with van der Waals surface area (Å²) in [5.41, 5.74) is 11.5. The molecule has 72 heavy (non-hydrogen) atoms. The Hall–Kier alpha value is -6.67. The maximum atomic E-state index is 14.6. The highest BCUT2D eigenvalue weighted by molar-refractivity contribution is 6.76. The number of rotatable bonds is 21. The first-order chi connectivity index (χ1) is 34.4. The SMILES string of the molecule is COc1cc2c(cc1OCCCOc1cc3c(cc1OC)C(=O)N1C=C(c4ccc(N)cc4)C[C@H]1C(=O)N3COCC[Si](C)(C)C)N(COCC[Si](C)(C)C)C(=O)[C@@H]1CC(/C=C/c3ccccc3)=CN1C2=O. The number of benzene rings is 4. The van der Waals surface area contributed by atoms with Crippen molar-refractivity contribution in [1.82, 2.24) is 9.80 Å². The van der Waals surface area contributed by atoms with Crippen molar-refractivity contribution >= 4 is 68.5 Å². The van der Waals surface area contributed by atoms with Gasteiger partial charge in [0.25, 0.3) is 23.6 Å². The third-order valence-electron chi connectivity index (χ3n) is 13.1. The predicted molar refractivity (Wildman–Crippen MR) is 286 cm³/mol. The Morgan fingerprint density at radius 2 is 1.10 bits per heavy atom. The second-order valence-electron chi connectivity index (χ2n) is 20.9. The highest BCUT2D eigenvalue weighted by atomic mass is 28.3. The highest BCUT2D eigenvalue weighted by Crippen LogP contribution is 2.43. The third-order valence-corrected chi connectivity index (χ3v) is 16.5. The number of ether oxygens (including phenoxy) is 6. The number of carbonyl (C=O) groups excluding carboxylic acids is 4. The average Bonchev–Trinajstić information content (AvgIpc) is 3.97. The molecule has 8 rings (SSSR count). The van der Waals surface area contributed by atoms with Crippen LogP contribution in [0, 0.1) is 0 Å². The van der Waals surface area contributed by atoms with Gasteiger partial charge >= 0.3 is 0 Å². The van der Waals surface area contributed by atoms with Crippen molar-refractivity contribution in [1.29, 1.82) is 0 Å². The lowest BCUT2D eigenvalue weighted by Gasteiger charge is -2.27. The van der Waals surface area contributed by atoms with Crippen LogP contribution in [0.1, 0.15) is 51.1 Å². The van der Waals surface area contributed by atoms with Gasteiger partial charge in [-0.05, 0) is 58.6 Å². The number of anilines is 3. The molecule has 380 valence electrons. The lowest BCUT2D eigenvalue weighted by atomic mass is 10.0. The largest absolute Gasteiger partial charge is 0.493 e. The van der Waals surface area contributed by atoms with Gasteiger partial charge in [-0.15, -0.1) is 0 Å². The first-order valence-electron chi connectivity index (χ1n) is 24.6. The minimum Gasteiger partial charge on any atom is -0.493 e. The zero-order chi connectivity index (χ0) is 51.3. The van der Waals surface area contributed by atoms with E-state index in [1.54, 1.807) is 58.6 Å². The normalized spacial score (nSPS) is 17.8. The van der Waals surface area contributed by atoms with E-state index < -0.39 is 28.2 Å². The maximum absolute atomic E-state index is 14.6. The Morgan fingerprint density at radius 1 is 0.597 bits per heavy atom. The van der Waals surface area contributed by atoms with E-state index in [4.69, 9.17) is 34.2 Å².